The third-order valence-electron chi connectivity index (χ3n) is 5.73. The Hall–Kier alpha value is -2.25. The molecule has 1 unspecified atom stereocenters. The Morgan fingerprint density at radius 2 is 1.94 bits per heavy atom. The third kappa shape index (κ3) is 5.33. The molecule has 0 bridgehead atoms. The average Bonchev–Trinajstić information content (AvgIpc) is 3.17. The highest BCUT2D eigenvalue weighted by Crippen LogP contribution is 2.36. The number of nitrogens with zero attached hydrogens (tertiary/aromatic N) is 2. The maximum Gasteiger partial charge on any atom is 0.410 e. The first-order valence-electron chi connectivity index (χ1n) is 10.9. The van der Waals surface area contributed by atoms with Crippen LogP contribution < -0.4 is 9.46 Å². The minimum atomic E-state index is -0.457. The number of piperidine rings is 1. The number of fused-ring (bicyclic) bond motifs is 1. The molecule has 1 amide bonds. The quantitative estimate of drug-likeness (QED) is 0.679. The maximum atomic E-state index is 12.3. The van der Waals surface area contributed by atoms with E-state index in [0.717, 1.165) is 49.4 Å². The molecule has 1 saturated heterocycles. The number of hydrogen-bond acceptors (Lipinski definition) is 6. The summed E-state index contributed by atoms with van der Waals surface area (Å²) < 4.78 is 14.9. The molecule has 0 spiro atoms. The summed E-state index contributed by atoms with van der Waals surface area (Å²) in [6, 6.07) is 10.6. The Labute approximate surface area is 188 Å². The Kier molecular flexibility index (Phi) is 6.44. The van der Waals surface area contributed by atoms with Gasteiger partial charge in [-0.1, -0.05) is 12.1 Å². The summed E-state index contributed by atoms with van der Waals surface area (Å²) in [5.41, 5.74) is 2.85. The molecule has 166 valence electrons. The average molecular weight is 442 g/mol. The van der Waals surface area contributed by atoms with Gasteiger partial charge in [0.2, 0.25) is 0 Å². The van der Waals surface area contributed by atoms with E-state index >= 15 is 0 Å². The topological polar surface area (TPSA) is 63.7 Å². The Morgan fingerprint density at radius 1 is 1.23 bits per heavy atom. The van der Waals surface area contributed by atoms with Gasteiger partial charge in [-0.2, -0.15) is 0 Å². The molecule has 1 aromatic carbocycles. The predicted molar refractivity (Wildman–Crippen MR) is 123 cm³/mol. The minimum absolute atomic E-state index is 0.155. The van der Waals surface area contributed by atoms with E-state index in [9.17, 15) is 4.79 Å². The molecule has 1 aromatic heterocycles. The lowest BCUT2D eigenvalue weighted by atomic mass is 9.89. The van der Waals surface area contributed by atoms with Crippen LogP contribution in [0.25, 0.3) is 11.3 Å². The van der Waals surface area contributed by atoms with Gasteiger partial charge in [-0.3, -0.25) is 9.71 Å². The van der Waals surface area contributed by atoms with E-state index in [1.807, 2.05) is 38.9 Å². The van der Waals surface area contributed by atoms with Crippen LogP contribution in [0.1, 0.15) is 39.2 Å². The Bertz CT molecular complexity index is 919. The van der Waals surface area contributed by atoms with Crippen molar-refractivity contribution in [2.75, 3.05) is 20.1 Å². The number of hydrogen-bond donors (Lipinski definition) is 1. The summed E-state index contributed by atoms with van der Waals surface area (Å²) in [5.74, 6) is 1.33. The number of ether oxygens (including phenoxy) is 2. The van der Waals surface area contributed by atoms with Crippen LogP contribution in [0.15, 0.2) is 41.4 Å². The molecule has 7 heteroatoms. The van der Waals surface area contributed by atoms with E-state index in [1.54, 1.807) is 11.9 Å². The number of nitrogens with one attached hydrogen (secondary N) is 1. The molecule has 31 heavy (non-hydrogen) atoms. The van der Waals surface area contributed by atoms with Crippen molar-refractivity contribution in [1.82, 2.24) is 14.6 Å². The highest BCUT2D eigenvalue weighted by Gasteiger charge is 2.35. The van der Waals surface area contributed by atoms with Gasteiger partial charge in [0.1, 0.15) is 17.5 Å². The van der Waals surface area contributed by atoms with Crippen LogP contribution in [0.3, 0.4) is 0 Å². The molecule has 4 rings (SSSR count). The number of carbonyl (C=O) groups is 1. The summed E-state index contributed by atoms with van der Waals surface area (Å²) in [5, 5.41) is 0. The van der Waals surface area contributed by atoms with Crippen LogP contribution in [0.4, 0.5) is 4.79 Å². The normalized spacial score (nSPS) is 19.1. The SMILES string of the molecule is CNSc1ccc(-c2cc3c(cn2)OC(C2CCN(C(=O)OC(C)(C)C)CC2)C3)cc1. The molecule has 0 radical (unpaired) electrons. The standard InChI is InChI=1S/C24H31N3O3S/c1-24(2,3)30-23(28)27-11-9-17(10-12-27)21-14-18-13-20(26-15-22(18)29-21)16-5-7-19(8-6-16)31-25-4/h5-8,13,15,17,21,25H,9-12,14H2,1-4H3. The van der Waals surface area contributed by atoms with Crippen LogP contribution in [-0.4, -0.2) is 47.8 Å². The molecule has 2 aliphatic rings. The van der Waals surface area contributed by atoms with Crippen molar-refractivity contribution >= 4 is 18.0 Å². The van der Waals surface area contributed by atoms with Crippen molar-refractivity contribution < 1.29 is 14.3 Å². The van der Waals surface area contributed by atoms with Crippen molar-refractivity contribution in [3.63, 3.8) is 0 Å². The fourth-order valence-corrected chi connectivity index (χ4v) is 4.69. The predicted octanol–water partition coefficient (Wildman–Crippen LogP) is 4.93. The fourth-order valence-electron chi connectivity index (χ4n) is 4.18. The number of aromatic nitrogens is 1. The first-order valence-corrected chi connectivity index (χ1v) is 11.7. The van der Waals surface area contributed by atoms with Gasteiger partial charge in [-0.05, 0) is 76.7 Å². The van der Waals surface area contributed by atoms with Crippen molar-refractivity contribution in [2.24, 2.45) is 5.92 Å². The van der Waals surface area contributed by atoms with Crippen molar-refractivity contribution in [2.45, 2.75) is 56.6 Å². The van der Waals surface area contributed by atoms with E-state index in [0.29, 0.717) is 5.92 Å². The van der Waals surface area contributed by atoms with Crippen molar-refractivity contribution in [3.8, 4) is 17.0 Å². The lowest BCUT2D eigenvalue weighted by molar-refractivity contribution is 0.0123. The first kappa shape index (κ1) is 22.0. The number of rotatable bonds is 4. The molecule has 3 heterocycles. The molecule has 1 fully saturated rings. The van der Waals surface area contributed by atoms with Gasteiger partial charge in [0.15, 0.2) is 0 Å². The lowest BCUT2D eigenvalue weighted by Crippen LogP contribution is -2.44. The van der Waals surface area contributed by atoms with E-state index in [1.165, 1.54) is 10.5 Å². The van der Waals surface area contributed by atoms with Gasteiger partial charge in [0.25, 0.3) is 0 Å². The van der Waals surface area contributed by atoms with E-state index in [2.05, 4.69) is 40.0 Å². The van der Waals surface area contributed by atoms with Crippen molar-refractivity contribution in [3.05, 3.63) is 42.1 Å². The monoisotopic (exact) mass is 441 g/mol. The Balaban J connectivity index is 1.36. The number of amides is 1. The minimum Gasteiger partial charge on any atom is -0.488 e. The van der Waals surface area contributed by atoms with Crippen molar-refractivity contribution in [1.29, 1.82) is 0 Å². The molecule has 2 aliphatic heterocycles. The van der Waals surface area contributed by atoms with Gasteiger partial charge in [-0.15, -0.1) is 0 Å². The summed E-state index contributed by atoms with van der Waals surface area (Å²) in [7, 11) is 1.92. The smallest absolute Gasteiger partial charge is 0.410 e. The first-order chi connectivity index (χ1) is 14.8. The molecular formula is C24H31N3O3S. The van der Waals surface area contributed by atoms with Crippen LogP contribution in [0.5, 0.6) is 5.75 Å². The van der Waals surface area contributed by atoms with Crippen LogP contribution >= 0.6 is 11.9 Å². The number of pyridine rings is 1. The van der Waals surface area contributed by atoms with Gasteiger partial charge in [0.05, 0.1) is 11.9 Å². The van der Waals surface area contributed by atoms with Crippen LogP contribution in [-0.2, 0) is 11.2 Å². The van der Waals surface area contributed by atoms with Gasteiger partial charge in [-0.25, -0.2) is 4.79 Å². The number of carbonyl (C=O) groups excluding carboxylic acids is 1. The summed E-state index contributed by atoms with van der Waals surface area (Å²) in [6.07, 6.45) is 4.56. The summed E-state index contributed by atoms with van der Waals surface area (Å²) in [4.78, 5) is 19.9. The van der Waals surface area contributed by atoms with E-state index in [-0.39, 0.29) is 12.2 Å². The van der Waals surface area contributed by atoms with Gasteiger partial charge in [0, 0.05) is 35.5 Å². The third-order valence-corrected chi connectivity index (χ3v) is 6.45. The van der Waals surface area contributed by atoms with Crippen LogP contribution in [0, 0.1) is 5.92 Å². The van der Waals surface area contributed by atoms with Crippen LogP contribution in [0.2, 0.25) is 0 Å². The fraction of sp³-hybridized carbons (Fsp3) is 0.500. The van der Waals surface area contributed by atoms with E-state index in [4.69, 9.17) is 9.47 Å². The number of benzene rings is 1. The summed E-state index contributed by atoms with van der Waals surface area (Å²) >= 11 is 1.60. The Morgan fingerprint density at radius 3 is 2.58 bits per heavy atom. The molecule has 0 saturated carbocycles. The van der Waals surface area contributed by atoms with Gasteiger partial charge < -0.3 is 14.4 Å². The summed E-state index contributed by atoms with van der Waals surface area (Å²) in [6.45, 7) is 7.14. The maximum absolute atomic E-state index is 12.3. The molecule has 1 atom stereocenters. The zero-order valence-electron chi connectivity index (χ0n) is 18.7. The molecule has 2 aromatic rings. The molecule has 0 aliphatic carbocycles. The zero-order chi connectivity index (χ0) is 22.0. The molecule has 6 nitrogen and oxygen atoms in total. The van der Waals surface area contributed by atoms with E-state index < -0.39 is 5.60 Å². The van der Waals surface area contributed by atoms with Gasteiger partial charge >= 0.3 is 6.09 Å². The second-order valence-corrected chi connectivity index (χ2v) is 10.3. The molecule has 1 N–H and O–H groups in total. The largest absolute Gasteiger partial charge is 0.488 e. The number of likely N-dealkylation sites (tertiary alicyclic amines) is 1. The second kappa shape index (κ2) is 9.09. The second-order valence-electron chi connectivity index (χ2n) is 9.17. The lowest BCUT2D eigenvalue weighted by Gasteiger charge is -2.35. The highest BCUT2D eigenvalue weighted by atomic mass is 32.2. The highest BCUT2D eigenvalue weighted by molar-refractivity contribution is 7.97. The molecular weight excluding hydrogens is 410 g/mol. The zero-order valence-corrected chi connectivity index (χ0v) is 19.5.